The highest BCUT2D eigenvalue weighted by molar-refractivity contribution is 5.74. The summed E-state index contributed by atoms with van der Waals surface area (Å²) in [7, 11) is 0. The molecule has 0 bridgehead atoms. The summed E-state index contributed by atoms with van der Waals surface area (Å²) >= 11 is 0. The van der Waals surface area contributed by atoms with Crippen LogP contribution in [0.1, 0.15) is 32.1 Å². The highest BCUT2D eigenvalue weighted by Crippen LogP contribution is 1.92. The van der Waals surface area contributed by atoms with Gasteiger partial charge in [0.2, 0.25) is 0 Å². The van der Waals surface area contributed by atoms with Crippen LogP contribution in [-0.4, -0.2) is 42.2 Å². The Morgan fingerprint density at radius 1 is 1.26 bits per heavy atom. The zero-order chi connectivity index (χ0) is 15.1. The van der Waals surface area contributed by atoms with E-state index in [1.807, 2.05) is 0 Å². The third kappa shape index (κ3) is 18.6. The molecule has 0 aromatic carbocycles. The lowest BCUT2D eigenvalue weighted by atomic mass is 10.2. The first-order chi connectivity index (χ1) is 8.95. The molecule has 0 spiro atoms. The van der Waals surface area contributed by atoms with Crippen LogP contribution in [0.3, 0.4) is 0 Å². The first-order valence-corrected chi connectivity index (χ1v) is 5.89. The smallest absolute Gasteiger partial charge is 0.320 e. The molecular formula is C11H22N4O4. The van der Waals surface area contributed by atoms with E-state index in [9.17, 15) is 14.4 Å². The van der Waals surface area contributed by atoms with Gasteiger partial charge in [-0.05, 0) is 19.3 Å². The highest BCUT2D eigenvalue weighted by Gasteiger charge is 2.09. The van der Waals surface area contributed by atoms with Crippen LogP contribution in [0.4, 0.5) is 0 Å². The van der Waals surface area contributed by atoms with E-state index in [-0.39, 0.29) is 5.96 Å². The van der Waals surface area contributed by atoms with Gasteiger partial charge in [-0.1, -0.05) is 0 Å². The van der Waals surface area contributed by atoms with Crippen LogP contribution >= 0.6 is 0 Å². The normalized spacial score (nSPS) is 10.6. The molecule has 0 aliphatic carbocycles. The number of nitrogens with one attached hydrogen (secondary N) is 2. The zero-order valence-corrected chi connectivity index (χ0v) is 10.8. The molecule has 110 valence electrons. The van der Waals surface area contributed by atoms with E-state index in [0.717, 1.165) is 12.6 Å². The summed E-state index contributed by atoms with van der Waals surface area (Å²) < 4.78 is 0. The first kappa shape index (κ1) is 19.4. The van der Waals surface area contributed by atoms with Gasteiger partial charge in [-0.3, -0.25) is 10.2 Å². The van der Waals surface area contributed by atoms with E-state index in [2.05, 4.69) is 5.32 Å². The van der Waals surface area contributed by atoms with E-state index in [0.29, 0.717) is 38.6 Å². The standard InChI is InChI=1S/C6H14N4O2.C5H8O2/c7-4(5(11)12)2-1-3-10-6(8)9;6-4-2-1-3-5-7/h4H,1-3,7H2,(H,11,12)(H4,8,9,10);4-5H,1-3H2. The number of hydrogen-bond donors (Lipinski definition) is 5. The lowest BCUT2D eigenvalue weighted by Crippen LogP contribution is -2.34. The minimum atomic E-state index is -1.00. The van der Waals surface area contributed by atoms with Crippen LogP contribution in [0.15, 0.2) is 0 Å². The van der Waals surface area contributed by atoms with Crippen molar-refractivity contribution >= 4 is 24.5 Å². The Bertz CT molecular complexity index is 276. The SMILES string of the molecule is N=C(N)NCCCC(N)C(=O)O.O=CCCCC=O. The Morgan fingerprint density at radius 3 is 2.16 bits per heavy atom. The van der Waals surface area contributed by atoms with Gasteiger partial charge in [0.15, 0.2) is 5.96 Å². The topological polar surface area (TPSA) is 159 Å². The second-order valence-corrected chi connectivity index (χ2v) is 3.69. The van der Waals surface area contributed by atoms with Crippen molar-refractivity contribution in [2.24, 2.45) is 11.5 Å². The van der Waals surface area contributed by atoms with Crippen molar-refractivity contribution in [2.45, 2.75) is 38.1 Å². The van der Waals surface area contributed by atoms with Crippen LogP contribution in [0, 0.1) is 5.41 Å². The second kappa shape index (κ2) is 14.1. The molecule has 0 heterocycles. The minimum Gasteiger partial charge on any atom is -0.480 e. The van der Waals surface area contributed by atoms with Crippen molar-refractivity contribution < 1.29 is 19.5 Å². The molecule has 19 heavy (non-hydrogen) atoms. The van der Waals surface area contributed by atoms with Crippen molar-refractivity contribution in [3.8, 4) is 0 Å². The van der Waals surface area contributed by atoms with Gasteiger partial charge < -0.3 is 31.5 Å². The summed E-state index contributed by atoms with van der Waals surface area (Å²) in [6.07, 6.45) is 4.35. The summed E-state index contributed by atoms with van der Waals surface area (Å²) in [5.74, 6) is -1.11. The van der Waals surface area contributed by atoms with E-state index >= 15 is 0 Å². The van der Waals surface area contributed by atoms with E-state index in [1.165, 1.54) is 0 Å². The summed E-state index contributed by atoms with van der Waals surface area (Å²) in [6.45, 7) is 0.482. The van der Waals surface area contributed by atoms with Crippen molar-refractivity contribution in [3.05, 3.63) is 0 Å². The maximum absolute atomic E-state index is 10.2. The van der Waals surface area contributed by atoms with Gasteiger partial charge in [-0.15, -0.1) is 0 Å². The number of rotatable bonds is 9. The van der Waals surface area contributed by atoms with Crippen molar-refractivity contribution in [1.82, 2.24) is 5.32 Å². The monoisotopic (exact) mass is 274 g/mol. The molecule has 0 saturated carbocycles. The number of aldehydes is 2. The third-order valence-corrected chi connectivity index (χ3v) is 1.97. The maximum atomic E-state index is 10.2. The van der Waals surface area contributed by atoms with Crippen molar-refractivity contribution in [1.29, 1.82) is 5.41 Å². The molecule has 1 atom stereocenters. The number of hydrogen-bond acceptors (Lipinski definition) is 5. The molecule has 0 aliphatic rings. The second-order valence-electron chi connectivity index (χ2n) is 3.69. The van der Waals surface area contributed by atoms with Crippen LogP contribution in [-0.2, 0) is 14.4 Å². The third-order valence-electron chi connectivity index (χ3n) is 1.97. The predicted octanol–water partition coefficient (Wildman–Crippen LogP) is -0.784. The fourth-order valence-electron chi connectivity index (χ4n) is 0.953. The number of aliphatic carboxylic acids is 1. The Morgan fingerprint density at radius 2 is 1.79 bits per heavy atom. The molecular weight excluding hydrogens is 252 g/mol. The number of carboxylic acid groups (broad SMARTS) is 1. The first-order valence-electron chi connectivity index (χ1n) is 5.89. The molecule has 0 aromatic rings. The summed E-state index contributed by atoms with van der Waals surface area (Å²) in [5, 5.41) is 17.7. The molecule has 0 fully saturated rings. The minimum absolute atomic E-state index is 0.112. The number of carbonyl (C=O) groups excluding carboxylic acids is 2. The fourth-order valence-corrected chi connectivity index (χ4v) is 0.953. The number of carboxylic acids is 1. The van der Waals surface area contributed by atoms with Gasteiger partial charge in [0, 0.05) is 19.4 Å². The summed E-state index contributed by atoms with van der Waals surface area (Å²) in [6, 6.07) is -0.821. The molecule has 8 heteroatoms. The predicted molar refractivity (Wildman–Crippen MR) is 70.7 cm³/mol. The van der Waals surface area contributed by atoms with Gasteiger partial charge in [0.05, 0.1) is 0 Å². The number of carbonyl (C=O) groups is 3. The van der Waals surface area contributed by atoms with Gasteiger partial charge in [0.25, 0.3) is 0 Å². The van der Waals surface area contributed by atoms with E-state index < -0.39 is 12.0 Å². The maximum Gasteiger partial charge on any atom is 0.320 e. The Balaban J connectivity index is 0. The van der Waals surface area contributed by atoms with E-state index in [1.54, 1.807) is 0 Å². The molecule has 8 nitrogen and oxygen atoms in total. The molecule has 0 aromatic heterocycles. The average molecular weight is 274 g/mol. The Kier molecular flexibility index (Phi) is 14.4. The van der Waals surface area contributed by atoms with Gasteiger partial charge in [0.1, 0.15) is 18.6 Å². The summed E-state index contributed by atoms with van der Waals surface area (Å²) in [5.41, 5.74) is 10.2. The van der Waals surface area contributed by atoms with Crippen LogP contribution in [0.2, 0.25) is 0 Å². The average Bonchev–Trinajstić information content (AvgIpc) is 2.35. The number of unbranched alkanes of at least 4 members (excludes halogenated alkanes) is 2. The lowest BCUT2D eigenvalue weighted by molar-refractivity contribution is -0.138. The number of nitrogens with two attached hydrogens (primary N) is 2. The molecule has 0 rings (SSSR count). The van der Waals surface area contributed by atoms with Crippen molar-refractivity contribution in [2.75, 3.05) is 6.54 Å². The Hall–Kier alpha value is -1.96. The van der Waals surface area contributed by atoms with Gasteiger partial charge in [-0.25, -0.2) is 0 Å². The van der Waals surface area contributed by atoms with E-state index in [4.69, 9.17) is 22.0 Å². The fraction of sp³-hybridized carbons (Fsp3) is 0.636. The van der Waals surface area contributed by atoms with Crippen LogP contribution < -0.4 is 16.8 Å². The zero-order valence-electron chi connectivity index (χ0n) is 10.8. The molecule has 0 amide bonds. The van der Waals surface area contributed by atoms with Gasteiger partial charge >= 0.3 is 5.97 Å². The highest BCUT2D eigenvalue weighted by atomic mass is 16.4. The summed E-state index contributed by atoms with van der Waals surface area (Å²) in [4.78, 5) is 29.3. The van der Waals surface area contributed by atoms with Gasteiger partial charge in [-0.2, -0.15) is 0 Å². The van der Waals surface area contributed by atoms with Crippen LogP contribution in [0.25, 0.3) is 0 Å². The molecule has 0 aliphatic heterocycles. The molecule has 0 radical (unpaired) electrons. The quantitative estimate of drug-likeness (QED) is 0.159. The lowest BCUT2D eigenvalue weighted by Gasteiger charge is -2.06. The Labute approximate surface area is 112 Å². The number of guanidine groups is 1. The van der Waals surface area contributed by atoms with Crippen LogP contribution in [0.5, 0.6) is 0 Å². The molecule has 0 saturated heterocycles. The van der Waals surface area contributed by atoms with Crippen molar-refractivity contribution in [3.63, 3.8) is 0 Å². The largest absolute Gasteiger partial charge is 0.480 e. The molecule has 1 unspecified atom stereocenters. The molecule has 7 N–H and O–H groups in total.